The van der Waals surface area contributed by atoms with Gasteiger partial charge in [-0.25, -0.2) is 13.6 Å². The summed E-state index contributed by atoms with van der Waals surface area (Å²) in [6.45, 7) is 3.25. The van der Waals surface area contributed by atoms with Crippen LogP contribution in [0, 0.1) is 17.6 Å². The molecule has 1 amide bonds. The SMILES string of the molecule is CC(C)[C@H](NC(=O)c1cc(F)c(F)cc1Br)C(=O)O. The number of halogens is 3. The smallest absolute Gasteiger partial charge is 0.326 e. The van der Waals surface area contributed by atoms with E-state index in [0.29, 0.717) is 6.07 Å². The Kier molecular flexibility index (Phi) is 4.99. The summed E-state index contributed by atoms with van der Waals surface area (Å²) in [7, 11) is 0. The lowest BCUT2D eigenvalue weighted by Gasteiger charge is -2.18. The van der Waals surface area contributed by atoms with Crippen molar-refractivity contribution in [1.82, 2.24) is 5.32 Å². The number of carbonyl (C=O) groups is 2. The zero-order valence-electron chi connectivity index (χ0n) is 10.2. The first kappa shape index (κ1) is 15.6. The van der Waals surface area contributed by atoms with Gasteiger partial charge in [-0.3, -0.25) is 4.79 Å². The number of carboxylic acid groups (broad SMARTS) is 1. The second-order valence-electron chi connectivity index (χ2n) is 4.28. The average molecular weight is 336 g/mol. The van der Waals surface area contributed by atoms with E-state index in [9.17, 15) is 18.4 Å². The van der Waals surface area contributed by atoms with Gasteiger partial charge in [0.25, 0.3) is 5.91 Å². The van der Waals surface area contributed by atoms with Crippen LogP contribution in [0.4, 0.5) is 8.78 Å². The second kappa shape index (κ2) is 6.10. The van der Waals surface area contributed by atoms with Crippen LogP contribution in [0.3, 0.4) is 0 Å². The van der Waals surface area contributed by atoms with E-state index < -0.39 is 29.6 Å². The number of hydrogen-bond acceptors (Lipinski definition) is 2. The van der Waals surface area contributed by atoms with Crippen LogP contribution in [0.15, 0.2) is 16.6 Å². The molecule has 0 heterocycles. The van der Waals surface area contributed by atoms with Crippen molar-refractivity contribution in [2.45, 2.75) is 19.9 Å². The predicted octanol–water partition coefficient (Wildman–Crippen LogP) is 2.57. The molecular formula is C12H12BrF2NO3. The lowest BCUT2D eigenvalue weighted by atomic mass is 10.0. The van der Waals surface area contributed by atoms with Gasteiger partial charge in [-0.2, -0.15) is 0 Å². The van der Waals surface area contributed by atoms with Gasteiger partial charge in [-0.1, -0.05) is 13.8 Å². The van der Waals surface area contributed by atoms with Crippen molar-refractivity contribution in [3.8, 4) is 0 Å². The summed E-state index contributed by atoms with van der Waals surface area (Å²) in [5, 5.41) is 11.2. The van der Waals surface area contributed by atoms with Gasteiger partial charge in [0.05, 0.1) is 5.56 Å². The van der Waals surface area contributed by atoms with Crippen molar-refractivity contribution in [2.75, 3.05) is 0 Å². The number of benzene rings is 1. The molecule has 2 N–H and O–H groups in total. The van der Waals surface area contributed by atoms with E-state index in [2.05, 4.69) is 21.2 Å². The largest absolute Gasteiger partial charge is 0.480 e. The molecule has 1 aromatic carbocycles. The van der Waals surface area contributed by atoms with E-state index in [4.69, 9.17) is 5.11 Å². The maximum absolute atomic E-state index is 13.1. The van der Waals surface area contributed by atoms with Gasteiger partial charge in [0.15, 0.2) is 11.6 Å². The van der Waals surface area contributed by atoms with E-state index >= 15 is 0 Å². The minimum Gasteiger partial charge on any atom is -0.480 e. The molecule has 104 valence electrons. The van der Waals surface area contributed by atoms with Crippen LogP contribution in [-0.4, -0.2) is 23.0 Å². The van der Waals surface area contributed by atoms with Gasteiger partial charge >= 0.3 is 5.97 Å². The highest BCUT2D eigenvalue weighted by molar-refractivity contribution is 9.10. The fourth-order valence-electron chi connectivity index (χ4n) is 1.43. The normalized spacial score (nSPS) is 12.3. The average Bonchev–Trinajstić information content (AvgIpc) is 2.29. The van der Waals surface area contributed by atoms with Gasteiger partial charge in [0, 0.05) is 4.47 Å². The molecule has 1 aromatic rings. The van der Waals surface area contributed by atoms with Gasteiger partial charge < -0.3 is 10.4 Å². The lowest BCUT2D eigenvalue weighted by molar-refractivity contribution is -0.140. The minimum absolute atomic E-state index is 0.0526. The third-order valence-electron chi connectivity index (χ3n) is 2.47. The monoisotopic (exact) mass is 335 g/mol. The Hall–Kier alpha value is -1.50. The molecule has 0 bridgehead atoms. The lowest BCUT2D eigenvalue weighted by Crippen LogP contribution is -2.44. The molecule has 1 rings (SSSR count). The topological polar surface area (TPSA) is 66.4 Å². The molecule has 19 heavy (non-hydrogen) atoms. The van der Waals surface area contributed by atoms with Gasteiger partial charge in [0.1, 0.15) is 6.04 Å². The molecule has 0 aliphatic carbocycles. The van der Waals surface area contributed by atoms with Crippen LogP contribution in [0.25, 0.3) is 0 Å². The first-order chi connectivity index (χ1) is 8.73. The Bertz CT molecular complexity index is 520. The maximum atomic E-state index is 13.1. The molecule has 0 aromatic heterocycles. The Morgan fingerprint density at radius 2 is 1.79 bits per heavy atom. The Balaban J connectivity index is 3.01. The van der Waals surface area contributed by atoms with Crippen LogP contribution in [0.5, 0.6) is 0 Å². The Morgan fingerprint density at radius 1 is 1.26 bits per heavy atom. The van der Waals surface area contributed by atoms with E-state index in [1.807, 2.05) is 0 Å². The molecular weight excluding hydrogens is 324 g/mol. The standard InChI is InChI=1S/C12H12BrF2NO3/c1-5(2)10(12(18)19)16-11(17)6-3-8(14)9(15)4-7(6)13/h3-5,10H,1-2H3,(H,16,17)(H,18,19)/t10-/m0/s1. The van der Waals surface area contributed by atoms with Crippen molar-refractivity contribution in [3.63, 3.8) is 0 Å². The van der Waals surface area contributed by atoms with Gasteiger partial charge in [0.2, 0.25) is 0 Å². The second-order valence-corrected chi connectivity index (χ2v) is 5.13. The van der Waals surface area contributed by atoms with Gasteiger partial charge in [-0.15, -0.1) is 0 Å². The van der Waals surface area contributed by atoms with Crippen molar-refractivity contribution >= 4 is 27.8 Å². The van der Waals surface area contributed by atoms with Crippen molar-refractivity contribution in [2.24, 2.45) is 5.92 Å². The van der Waals surface area contributed by atoms with Crippen molar-refractivity contribution in [3.05, 3.63) is 33.8 Å². The number of carbonyl (C=O) groups excluding carboxylic acids is 1. The summed E-state index contributed by atoms with van der Waals surface area (Å²) in [6.07, 6.45) is 0. The molecule has 0 fully saturated rings. The highest BCUT2D eigenvalue weighted by Crippen LogP contribution is 2.21. The third-order valence-corrected chi connectivity index (χ3v) is 3.13. The van der Waals surface area contributed by atoms with Crippen LogP contribution < -0.4 is 5.32 Å². The number of carboxylic acids is 1. The van der Waals surface area contributed by atoms with E-state index in [1.54, 1.807) is 13.8 Å². The third kappa shape index (κ3) is 3.73. The molecule has 0 saturated carbocycles. The van der Waals surface area contributed by atoms with Crippen LogP contribution >= 0.6 is 15.9 Å². The summed E-state index contributed by atoms with van der Waals surface area (Å²) in [6, 6.07) is 0.427. The zero-order valence-corrected chi connectivity index (χ0v) is 11.8. The Labute approximate surface area is 116 Å². The molecule has 4 nitrogen and oxygen atoms in total. The molecule has 1 atom stereocenters. The highest BCUT2D eigenvalue weighted by atomic mass is 79.9. The fraction of sp³-hybridized carbons (Fsp3) is 0.333. The predicted molar refractivity (Wildman–Crippen MR) is 67.8 cm³/mol. The van der Waals surface area contributed by atoms with E-state index in [1.165, 1.54) is 0 Å². The van der Waals surface area contributed by atoms with Crippen molar-refractivity contribution in [1.29, 1.82) is 0 Å². The quantitative estimate of drug-likeness (QED) is 0.831. The summed E-state index contributed by atoms with van der Waals surface area (Å²) in [4.78, 5) is 22.8. The van der Waals surface area contributed by atoms with Crippen LogP contribution in [0.1, 0.15) is 24.2 Å². The molecule has 0 spiro atoms. The Morgan fingerprint density at radius 3 is 2.26 bits per heavy atom. The minimum atomic E-state index is -1.19. The van der Waals surface area contributed by atoms with Gasteiger partial charge in [-0.05, 0) is 34.0 Å². The van der Waals surface area contributed by atoms with Crippen LogP contribution in [-0.2, 0) is 4.79 Å². The summed E-state index contributed by atoms with van der Waals surface area (Å²) in [5.41, 5.74) is -0.161. The number of nitrogens with one attached hydrogen (secondary N) is 1. The molecule has 7 heteroatoms. The van der Waals surface area contributed by atoms with E-state index in [0.717, 1.165) is 6.07 Å². The molecule has 0 aliphatic heterocycles. The first-order valence-corrected chi connectivity index (χ1v) is 6.21. The molecule has 0 saturated heterocycles. The zero-order chi connectivity index (χ0) is 14.7. The number of aliphatic carboxylic acids is 1. The summed E-state index contributed by atoms with van der Waals surface area (Å²) in [5.74, 6) is -4.59. The first-order valence-electron chi connectivity index (χ1n) is 5.42. The van der Waals surface area contributed by atoms with Crippen LogP contribution in [0.2, 0.25) is 0 Å². The van der Waals surface area contributed by atoms with E-state index in [-0.39, 0.29) is 16.0 Å². The number of amides is 1. The fourth-order valence-corrected chi connectivity index (χ4v) is 1.92. The summed E-state index contributed by atoms with van der Waals surface area (Å²) >= 11 is 2.93. The maximum Gasteiger partial charge on any atom is 0.326 e. The molecule has 0 aliphatic rings. The number of rotatable bonds is 4. The summed E-state index contributed by atoms with van der Waals surface area (Å²) < 4.78 is 26.0. The highest BCUT2D eigenvalue weighted by Gasteiger charge is 2.25. The molecule has 0 radical (unpaired) electrons. The van der Waals surface area contributed by atoms with Crippen molar-refractivity contribution < 1.29 is 23.5 Å². The number of hydrogen-bond donors (Lipinski definition) is 2. The molecule has 0 unspecified atom stereocenters.